The van der Waals surface area contributed by atoms with E-state index in [1.165, 1.54) is 7.11 Å². The predicted octanol–water partition coefficient (Wildman–Crippen LogP) is 6.74. The minimum absolute atomic E-state index is 0.0884. The molecule has 0 saturated carbocycles. The van der Waals surface area contributed by atoms with Crippen LogP contribution in [0.1, 0.15) is 39.9 Å². The van der Waals surface area contributed by atoms with Gasteiger partial charge in [-0.05, 0) is 36.2 Å². The zero-order chi connectivity index (χ0) is 25.8. The highest BCUT2D eigenvalue weighted by atomic mass is 35.5. The maximum Gasteiger partial charge on any atom is 0.336 e. The van der Waals surface area contributed by atoms with Gasteiger partial charge in [-0.1, -0.05) is 71.7 Å². The number of hydrogen-bond acceptors (Lipinski definition) is 4. The fourth-order valence-corrected chi connectivity index (χ4v) is 5.96. The van der Waals surface area contributed by atoms with Crippen molar-refractivity contribution in [3.63, 3.8) is 0 Å². The number of carbonyl (C=O) groups excluding carboxylic acids is 2. The van der Waals surface area contributed by atoms with Gasteiger partial charge < -0.3 is 14.6 Å². The van der Waals surface area contributed by atoms with Gasteiger partial charge in [0.1, 0.15) is 0 Å². The van der Waals surface area contributed by atoms with Crippen molar-refractivity contribution in [1.29, 1.82) is 0 Å². The number of halogens is 2. The Morgan fingerprint density at radius 3 is 2.51 bits per heavy atom. The number of hydrogen-bond donors (Lipinski definition) is 1. The van der Waals surface area contributed by atoms with E-state index in [0.717, 1.165) is 33.3 Å². The van der Waals surface area contributed by atoms with Crippen molar-refractivity contribution >= 4 is 51.6 Å². The average molecular weight is 529 g/mol. The summed E-state index contributed by atoms with van der Waals surface area (Å²) in [4.78, 5) is 26.9. The number of Topliss-reactive ketones (excluding diaryl/α,β-unsaturated/α-hetero) is 1. The summed E-state index contributed by atoms with van der Waals surface area (Å²) < 4.78 is 7.30. The number of esters is 1. The van der Waals surface area contributed by atoms with Crippen LogP contribution in [0.15, 0.2) is 89.8 Å². The minimum Gasteiger partial charge on any atom is -0.466 e. The van der Waals surface area contributed by atoms with Crippen molar-refractivity contribution in [1.82, 2.24) is 9.88 Å². The monoisotopic (exact) mass is 528 g/mol. The molecule has 2 heterocycles. The zero-order valence-electron chi connectivity index (χ0n) is 20.1. The maximum atomic E-state index is 13.8. The number of allylic oxidation sites excluding steroid dienone is 2. The number of methoxy groups -OCH3 is 1. The Kier molecular flexibility index (Phi) is 5.70. The highest BCUT2D eigenvalue weighted by Crippen LogP contribution is 2.48. The van der Waals surface area contributed by atoms with E-state index in [0.29, 0.717) is 39.0 Å². The summed E-state index contributed by atoms with van der Waals surface area (Å²) in [7, 11) is 1.36. The van der Waals surface area contributed by atoms with Crippen molar-refractivity contribution in [2.45, 2.75) is 19.4 Å². The molecular formula is C30H22Cl2N2O3. The molecular weight excluding hydrogens is 507 g/mol. The van der Waals surface area contributed by atoms with E-state index >= 15 is 0 Å². The van der Waals surface area contributed by atoms with Crippen molar-refractivity contribution in [3.8, 4) is 0 Å². The van der Waals surface area contributed by atoms with Gasteiger partial charge in [0.2, 0.25) is 0 Å². The third kappa shape index (κ3) is 3.69. The quantitative estimate of drug-likeness (QED) is 0.298. The first-order valence-electron chi connectivity index (χ1n) is 11.8. The number of ether oxygens (including phenoxy) is 1. The minimum atomic E-state index is -0.601. The number of fused-ring (bicyclic) bond motifs is 3. The first kappa shape index (κ1) is 23.6. The van der Waals surface area contributed by atoms with Gasteiger partial charge in [-0.15, -0.1) is 0 Å². The Morgan fingerprint density at radius 1 is 1.03 bits per heavy atom. The molecule has 0 spiro atoms. The number of nitrogens with one attached hydrogen (secondary N) is 1. The van der Waals surface area contributed by atoms with E-state index in [2.05, 4.69) is 9.88 Å². The maximum absolute atomic E-state index is 13.8. The van der Waals surface area contributed by atoms with E-state index in [-0.39, 0.29) is 5.78 Å². The first-order chi connectivity index (χ1) is 17.9. The molecule has 0 radical (unpaired) electrons. The third-order valence-electron chi connectivity index (χ3n) is 7.14. The van der Waals surface area contributed by atoms with Crippen LogP contribution in [0, 0.1) is 0 Å². The topological polar surface area (TPSA) is 60.3 Å². The van der Waals surface area contributed by atoms with E-state index in [9.17, 15) is 9.59 Å². The molecule has 1 aliphatic heterocycles. The number of para-hydroxylation sites is 1. The fraction of sp³-hybridized carbons (Fsp3) is 0.133. The van der Waals surface area contributed by atoms with Gasteiger partial charge in [-0.25, -0.2) is 4.79 Å². The molecule has 0 unspecified atom stereocenters. The molecule has 0 bridgehead atoms. The van der Waals surface area contributed by atoms with Crippen LogP contribution in [-0.4, -0.2) is 23.4 Å². The molecule has 0 saturated heterocycles. The van der Waals surface area contributed by atoms with E-state index < -0.39 is 11.9 Å². The third-order valence-corrected chi connectivity index (χ3v) is 7.73. The number of rotatable bonds is 4. The molecule has 6 rings (SSSR count). The van der Waals surface area contributed by atoms with E-state index in [4.69, 9.17) is 27.9 Å². The summed E-state index contributed by atoms with van der Waals surface area (Å²) in [5.74, 6) is -1.16. The van der Waals surface area contributed by atoms with Crippen LogP contribution in [0.4, 0.5) is 0 Å². The normalized spacial score (nSPS) is 16.6. The number of aromatic nitrogens is 1. The van der Waals surface area contributed by atoms with E-state index in [1.54, 1.807) is 6.07 Å². The molecule has 0 fully saturated rings. The summed E-state index contributed by atoms with van der Waals surface area (Å²) in [6.07, 6.45) is 2.02. The molecule has 1 atom stereocenters. The smallest absolute Gasteiger partial charge is 0.336 e. The lowest BCUT2D eigenvalue weighted by Gasteiger charge is -2.28. The van der Waals surface area contributed by atoms with Crippen LogP contribution >= 0.6 is 23.2 Å². The Bertz CT molecular complexity index is 1700. The molecule has 3 aromatic carbocycles. The Morgan fingerprint density at radius 2 is 1.76 bits per heavy atom. The number of nitrogens with zero attached hydrogens (tertiary/aromatic N) is 1. The second-order valence-electron chi connectivity index (χ2n) is 9.22. The summed E-state index contributed by atoms with van der Waals surface area (Å²) in [5, 5.41) is 5.43. The lowest BCUT2D eigenvalue weighted by Crippen LogP contribution is -2.29. The molecule has 1 aliphatic carbocycles. The second kappa shape index (κ2) is 8.94. The largest absolute Gasteiger partial charge is 0.466 e. The molecule has 0 amide bonds. The van der Waals surface area contributed by atoms with Crippen LogP contribution in [-0.2, 0) is 16.1 Å². The van der Waals surface area contributed by atoms with Crippen molar-refractivity contribution in [3.05, 3.63) is 122 Å². The Balaban J connectivity index is 1.58. The molecule has 4 aromatic rings. The van der Waals surface area contributed by atoms with Crippen molar-refractivity contribution in [2.75, 3.05) is 7.11 Å². The Labute approximate surface area is 223 Å². The molecule has 37 heavy (non-hydrogen) atoms. The highest BCUT2D eigenvalue weighted by Gasteiger charge is 2.43. The summed E-state index contributed by atoms with van der Waals surface area (Å²) >= 11 is 12.6. The van der Waals surface area contributed by atoms with Gasteiger partial charge in [0, 0.05) is 56.1 Å². The molecule has 1 aromatic heterocycles. The molecule has 2 aliphatic rings. The number of ketones is 1. The lowest BCUT2D eigenvalue weighted by atomic mass is 9.79. The van der Waals surface area contributed by atoms with Crippen LogP contribution in [0.25, 0.3) is 16.6 Å². The van der Waals surface area contributed by atoms with Gasteiger partial charge in [0.25, 0.3) is 0 Å². The van der Waals surface area contributed by atoms with Gasteiger partial charge in [0.05, 0.1) is 24.3 Å². The van der Waals surface area contributed by atoms with Crippen LogP contribution in [0.5, 0.6) is 0 Å². The lowest BCUT2D eigenvalue weighted by molar-refractivity contribution is -0.136. The summed E-state index contributed by atoms with van der Waals surface area (Å²) in [6, 6.07) is 20.9. The summed E-state index contributed by atoms with van der Waals surface area (Å²) in [5.41, 5.74) is 6.59. The van der Waals surface area contributed by atoms with Crippen LogP contribution < -0.4 is 5.32 Å². The van der Waals surface area contributed by atoms with Gasteiger partial charge >= 0.3 is 5.97 Å². The molecule has 1 N–H and O–H groups in total. The van der Waals surface area contributed by atoms with Gasteiger partial charge in [-0.2, -0.15) is 0 Å². The van der Waals surface area contributed by atoms with E-state index in [1.807, 2.05) is 73.8 Å². The van der Waals surface area contributed by atoms with Crippen LogP contribution in [0.2, 0.25) is 10.0 Å². The standard InChI is InChI=1S/C30H22Cl2N2O3/c1-16-25(30(36)37-2)26(27-28(33-16)20-8-3-4-9-21(20)29(27)35)22-15-34(24-10-6-5-7-19(22)24)14-17-11-12-18(31)13-23(17)32/h3-13,15,26,33H,14H2,1-2H3/t26-/m1/s1. The summed E-state index contributed by atoms with van der Waals surface area (Å²) in [6.45, 7) is 2.35. The number of carbonyl (C=O) groups is 2. The van der Waals surface area contributed by atoms with Gasteiger partial charge in [0.15, 0.2) is 5.78 Å². The van der Waals surface area contributed by atoms with Gasteiger partial charge in [-0.3, -0.25) is 4.79 Å². The Hall–Kier alpha value is -3.80. The predicted molar refractivity (Wildman–Crippen MR) is 146 cm³/mol. The number of dihydropyridines is 1. The number of benzene rings is 3. The van der Waals surface area contributed by atoms with Crippen molar-refractivity contribution < 1.29 is 14.3 Å². The fourth-order valence-electron chi connectivity index (χ4n) is 5.49. The first-order valence-corrected chi connectivity index (χ1v) is 12.6. The molecule has 7 heteroatoms. The van der Waals surface area contributed by atoms with Crippen LogP contribution in [0.3, 0.4) is 0 Å². The SMILES string of the molecule is COC(=O)C1=C(C)NC2=C(C(=O)c3ccccc32)[C@@H]1c1cn(Cc2ccc(Cl)cc2Cl)c2ccccc12. The zero-order valence-corrected chi connectivity index (χ0v) is 21.7. The second-order valence-corrected chi connectivity index (χ2v) is 10.1. The average Bonchev–Trinajstić information content (AvgIpc) is 3.40. The highest BCUT2D eigenvalue weighted by molar-refractivity contribution is 6.35. The van der Waals surface area contributed by atoms with Crippen molar-refractivity contribution in [2.24, 2.45) is 0 Å². The molecule has 184 valence electrons. The molecule has 5 nitrogen and oxygen atoms in total.